The number of benzene rings is 2. The highest BCUT2D eigenvalue weighted by atomic mass is 14.9. The SMILES string of the molecule is Cc1cccc(-c2nc3c(c(-c4cccc5ccccc45)n2)CCCC3)n1. The van der Waals surface area contributed by atoms with Crippen molar-refractivity contribution in [1.82, 2.24) is 15.0 Å². The van der Waals surface area contributed by atoms with Crippen molar-refractivity contribution in [2.24, 2.45) is 0 Å². The predicted molar refractivity (Wildman–Crippen MR) is 110 cm³/mol. The molecule has 3 nitrogen and oxygen atoms in total. The second-order valence-electron chi connectivity index (χ2n) is 7.22. The molecular formula is C24H21N3. The molecule has 2 aromatic heterocycles. The van der Waals surface area contributed by atoms with Crippen molar-refractivity contribution in [1.29, 1.82) is 0 Å². The van der Waals surface area contributed by atoms with Gasteiger partial charge in [0.05, 0.1) is 5.69 Å². The molecule has 2 aromatic carbocycles. The number of fused-ring (bicyclic) bond motifs is 2. The van der Waals surface area contributed by atoms with E-state index >= 15 is 0 Å². The minimum absolute atomic E-state index is 0.738. The van der Waals surface area contributed by atoms with Gasteiger partial charge in [-0.05, 0) is 55.5 Å². The lowest BCUT2D eigenvalue weighted by atomic mass is 9.90. The van der Waals surface area contributed by atoms with E-state index in [1.807, 2.05) is 25.1 Å². The maximum absolute atomic E-state index is 5.04. The fraction of sp³-hybridized carbons (Fsp3) is 0.208. The standard InChI is InChI=1S/C24H21N3/c1-16-8-6-15-22(25-16)24-26-21-14-5-4-12-20(21)23(27-24)19-13-7-10-17-9-2-3-11-18(17)19/h2-3,6-11,13,15H,4-5,12,14H2,1H3. The van der Waals surface area contributed by atoms with Gasteiger partial charge >= 0.3 is 0 Å². The molecule has 0 amide bonds. The number of aryl methyl sites for hydroxylation is 2. The van der Waals surface area contributed by atoms with Crippen LogP contribution in [0, 0.1) is 6.92 Å². The highest BCUT2D eigenvalue weighted by Crippen LogP contribution is 2.35. The molecule has 0 unspecified atom stereocenters. The molecule has 0 saturated carbocycles. The molecule has 4 aromatic rings. The Morgan fingerprint density at radius 2 is 1.56 bits per heavy atom. The van der Waals surface area contributed by atoms with E-state index in [-0.39, 0.29) is 0 Å². The number of rotatable bonds is 2. The van der Waals surface area contributed by atoms with Crippen LogP contribution in [-0.2, 0) is 12.8 Å². The number of hydrogen-bond donors (Lipinski definition) is 0. The minimum atomic E-state index is 0.738. The Bertz CT molecular complexity index is 1140. The smallest absolute Gasteiger partial charge is 0.178 e. The average molecular weight is 351 g/mol. The second kappa shape index (κ2) is 6.58. The molecule has 0 fully saturated rings. The van der Waals surface area contributed by atoms with Gasteiger partial charge in [-0.25, -0.2) is 15.0 Å². The molecule has 1 aliphatic rings. The zero-order valence-corrected chi connectivity index (χ0v) is 15.4. The van der Waals surface area contributed by atoms with Crippen molar-refractivity contribution in [2.45, 2.75) is 32.6 Å². The quantitative estimate of drug-likeness (QED) is 0.475. The number of nitrogens with zero attached hydrogens (tertiary/aromatic N) is 3. The summed E-state index contributed by atoms with van der Waals surface area (Å²) in [6, 6.07) is 21.0. The Morgan fingerprint density at radius 3 is 2.48 bits per heavy atom. The van der Waals surface area contributed by atoms with Crippen LogP contribution in [0.15, 0.2) is 60.7 Å². The minimum Gasteiger partial charge on any atom is -0.250 e. The molecule has 1 aliphatic carbocycles. The lowest BCUT2D eigenvalue weighted by molar-refractivity contribution is 0.665. The van der Waals surface area contributed by atoms with E-state index in [0.29, 0.717) is 0 Å². The van der Waals surface area contributed by atoms with Crippen LogP contribution in [0.4, 0.5) is 0 Å². The van der Waals surface area contributed by atoms with Crippen LogP contribution in [0.2, 0.25) is 0 Å². The maximum atomic E-state index is 5.04. The molecule has 5 rings (SSSR count). The summed E-state index contributed by atoms with van der Waals surface area (Å²) in [6.07, 6.45) is 4.47. The first-order valence-electron chi connectivity index (χ1n) is 9.61. The molecule has 0 saturated heterocycles. The van der Waals surface area contributed by atoms with E-state index in [4.69, 9.17) is 9.97 Å². The lowest BCUT2D eigenvalue weighted by Crippen LogP contribution is -2.11. The molecule has 0 spiro atoms. The fourth-order valence-corrected chi connectivity index (χ4v) is 4.03. The number of aromatic nitrogens is 3. The zero-order valence-electron chi connectivity index (χ0n) is 15.4. The third-order valence-electron chi connectivity index (χ3n) is 5.35. The summed E-state index contributed by atoms with van der Waals surface area (Å²) in [5.74, 6) is 0.738. The summed E-state index contributed by atoms with van der Waals surface area (Å²) in [5.41, 5.74) is 6.62. The molecule has 0 N–H and O–H groups in total. The van der Waals surface area contributed by atoms with Crippen LogP contribution in [0.5, 0.6) is 0 Å². The zero-order chi connectivity index (χ0) is 18.2. The number of pyridine rings is 1. The van der Waals surface area contributed by atoms with Gasteiger partial charge in [0.25, 0.3) is 0 Å². The van der Waals surface area contributed by atoms with Crippen molar-refractivity contribution in [2.75, 3.05) is 0 Å². The first kappa shape index (κ1) is 16.1. The van der Waals surface area contributed by atoms with Gasteiger partial charge in [-0.1, -0.05) is 48.5 Å². The normalized spacial score (nSPS) is 13.5. The Labute approximate surface area is 159 Å². The molecule has 0 radical (unpaired) electrons. The van der Waals surface area contributed by atoms with E-state index < -0.39 is 0 Å². The van der Waals surface area contributed by atoms with Crippen molar-refractivity contribution in [3.05, 3.63) is 77.6 Å². The van der Waals surface area contributed by atoms with Crippen LogP contribution in [0.3, 0.4) is 0 Å². The van der Waals surface area contributed by atoms with Gasteiger partial charge in [0.15, 0.2) is 5.82 Å². The van der Waals surface area contributed by atoms with Gasteiger partial charge in [-0.3, -0.25) is 0 Å². The number of hydrogen-bond acceptors (Lipinski definition) is 3. The van der Waals surface area contributed by atoms with Crippen molar-refractivity contribution >= 4 is 10.8 Å². The first-order chi connectivity index (χ1) is 13.3. The van der Waals surface area contributed by atoms with Gasteiger partial charge in [-0.15, -0.1) is 0 Å². The van der Waals surface area contributed by atoms with Gasteiger partial charge in [0.1, 0.15) is 5.69 Å². The average Bonchev–Trinajstić information content (AvgIpc) is 2.72. The van der Waals surface area contributed by atoms with Gasteiger partial charge in [-0.2, -0.15) is 0 Å². The van der Waals surface area contributed by atoms with Crippen LogP contribution in [0.25, 0.3) is 33.5 Å². The second-order valence-corrected chi connectivity index (χ2v) is 7.22. The van der Waals surface area contributed by atoms with Crippen molar-refractivity contribution in [3.63, 3.8) is 0 Å². The molecule has 0 atom stereocenters. The summed E-state index contributed by atoms with van der Waals surface area (Å²) >= 11 is 0. The summed E-state index contributed by atoms with van der Waals surface area (Å²) in [7, 11) is 0. The van der Waals surface area contributed by atoms with Gasteiger partial charge in [0.2, 0.25) is 0 Å². The summed E-state index contributed by atoms with van der Waals surface area (Å²) in [4.78, 5) is 14.6. The van der Waals surface area contributed by atoms with Gasteiger partial charge in [0, 0.05) is 22.5 Å². The molecule has 0 bridgehead atoms. The van der Waals surface area contributed by atoms with E-state index in [1.165, 1.54) is 40.4 Å². The summed E-state index contributed by atoms with van der Waals surface area (Å²) < 4.78 is 0. The highest BCUT2D eigenvalue weighted by molar-refractivity contribution is 5.96. The Kier molecular flexibility index (Phi) is 3.93. The summed E-state index contributed by atoms with van der Waals surface area (Å²) in [5, 5.41) is 2.49. The van der Waals surface area contributed by atoms with Gasteiger partial charge < -0.3 is 0 Å². The summed E-state index contributed by atoms with van der Waals surface area (Å²) in [6.45, 7) is 2.01. The molecular weight excluding hydrogens is 330 g/mol. The van der Waals surface area contributed by atoms with Crippen LogP contribution < -0.4 is 0 Å². The van der Waals surface area contributed by atoms with Crippen LogP contribution in [0.1, 0.15) is 29.8 Å². The van der Waals surface area contributed by atoms with Crippen molar-refractivity contribution < 1.29 is 0 Å². The monoisotopic (exact) mass is 351 g/mol. The van der Waals surface area contributed by atoms with E-state index in [9.17, 15) is 0 Å². The largest absolute Gasteiger partial charge is 0.250 e. The maximum Gasteiger partial charge on any atom is 0.178 e. The van der Waals surface area contributed by atoms with Crippen molar-refractivity contribution in [3.8, 4) is 22.8 Å². The predicted octanol–water partition coefficient (Wildman–Crippen LogP) is 5.55. The molecule has 27 heavy (non-hydrogen) atoms. The Balaban J connectivity index is 1.79. The van der Waals surface area contributed by atoms with E-state index in [2.05, 4.69) is 47.4 Å². The molecule has 0 aliphatic heterocycles. The molecule has 132 valence electrons. The topological polar surface area (TPSA) is 38.7 Å². The third kappa shape index (κ3) is 2.89. The molecule has 3 heteroatoms. The first-order valence-corrected chi connectivity index (χ1v) is 9.61. The Hall–Kier alpha value is -3.07. The lowest BCUT2D eigenvalue weighted by Gasteiger charge is -2.20. The van der Waals surface area contributed by atoms with Crippen LogP contribution in [-0.4, -0.2) is 15.0 Å². The van der Waals surface area contributed by atoms with E-state index in [0.717, 1.165) is 35.7 Å². The fourth-order valence-electron chi connectivity index (χ4n) is 4.03. The Morgan fingerprint density at radius 1 is 0.741 bits per heavy atom. The van der Waals surface area contributed by atoms with E-state index in [1.54, 1.807) is 0 Å². The highest BCUT2D eigenvalue weighted by Gasteiger charge is 2.21. The van der Waals surface area contributed by atoms with Crippen LogP contribution >= 0.6 is 0 Å². The molecule has 2 heterocycles. The third-order valence-corrected chi connectivity index (χ3v) is 5.35.